The van der Waals surface area contributed by atoms with Gasteiger partial charge in [0, 0.05) is 30.7 Å². The van der Waals surface area contributed by atoms with Gasteiger partial charge in [-0.05, 0) is 46.1 Å². The number of carbonyl (C=O) groups is 2. The summed E-state index contributed by atoms with van der Waals surface area (Å²) in [6.45, 7) is 0.237. The molecular formula is C20H21BrN4O6. The maximum absolute atomic E-state index is 12.0. The largest absolute Gasteiger partial charge is 0.493 e. The van der Waals surface area contributed by atoms with E-state index < -0.39 is 10.8 Å². The van der Waals surface area contributed by atoms with E-state index in [9.17, 15) is 19.7 Å². The molecule has 2 amide bonds. The van der Waals surface area contributed by atoms with E-state index in [4.69, 9.17) is 9.47 Å². The number of amides is 2. The molecular weight excluding hydrogens is 472 g/mol. The van der Waals surface area contributed by atoms with E-state index in [-0.39, 0.29) is 30.1 Å². The van der Waals surface area contributed by atoms with Gasteiger partial charge < -0.3 is 14.8 Å². The van der Waals surface area contributed by atoms with Crippen molar-refractivity contribution in [1.29, 1.82) is 0 Å². The molecule has 0 bridgehead atoms. The van der Waals surface area contributed by atoms with Crippen molar-refractivity contribution < 1.29 is 24.0 Å². The Morgan fingerprint density at radius 1 is 1.23 bits per heavy atom. The Balaban J connectivity index is 1.77. The Hall–Kier alpha value is -3.47. The summed E-state index contributed by atoms with van der Waals surface area (Å²) in [5.41, 5.74) is 3.12. The highest BCUT2D eigenvalue weighted by atomic mass is 79.9. The van der Waals surface area contributed by atoms with Gasteiger partial charge in [0.1, 0.15) is 0 Å². The van der Waals surface area contributed by atoms with Crippen LogP contribution in [-0.4, -0.2) is 43.7 Å². The molecule has 0 unspecified atom stereocenters. The second-order valence-electron chi connectivity index (χ2n) is 6.20. The normalized spacial score (nSPS) is 10.5. The predicted octanol–water partition coefficient (Wildman–Crippen LogP) is 3.03. The monoisotopic (exact) mass is 492 g/mol. The van der Waals surface area contributed by atoms with Gasteiger partial charge in [0.05, 0.1) is 29.8 Å². The fourth-order valence-corrected chi connectivity index (χ4v) is 3.18. The number of hydrogen-bond acceptors (Lipinski definition) is 7. The Kier molecular flexibility index (Phi) is 8.94. The van der Waals surface area contributed by atoms with Gasteiger partial charge in [-0.15, -0.1) is 0 Å². The standard InChI is InChI=1S/C20H21BrN4O6/c1-30-17-10-13(9-16(21)19(17)31-2)12-23-24-18(26)7-4-8-22-20(27)14-5-3-6-15(11-14)25(28)29/h3,5-6,9-12H,4,7-8H2,1-2H3,(H,22,27)(H,24,26)/b23-12+. The van der Waals surface area contributed by atoms with Crippen LogP contribution in [0.5, 0.6) is 11.5 Å². The van der Waals surface area contributed by atoms with Gasteiger partial charge in [-0.3, -0.25) is 19.7 Å². The summed E-state index contributed by atoms with van der Waals surface area (Å²) < 4.78 is 11.2. The fourth-order valence-electron chi connectivity index (χ4n) is 2.56. The fraction of sp³-hybridized carbons (Fsp3) is 0.250. The summed E-state index contributed by atoms with van der Waals surface area (Å²) in [5, 5.41) is 17.3. The number of non-ortho nitro benzene ring substituents is 1. The van der Waals surface area contributed by atoms with E-state index in [1.807, 2.05) is 0 Å². The van der Waals surface area contributed by atoms with Crippen LogP contribution in [0.25, 0.3) is 0 Å². The number of carbonyl (C=O) groups excluding carboxylic acids is 2. The molecule has 10 nitrogen and oxygen atoms in total. The molecule has 0 aliphatic carbocycles. The van der Waals surface area contributed by atoms with Crippen LogP contribution >= 0.6 is 15.9 Å². The lowest BCUT2D eigenvalue weighted by molar-refractivity contribution is -0.384. The van der Waals surface area contributed by atoms with Crippen LogP contribution in [0.4, 0.5) is 5.69 Å². The van der Waals surface area contributed by atoms with Gasteiger partial charge in [0.2, 0.25) is 5.91 Å². The molecule has 0 aromatic heterocycles. The maximum Gasteiger partial charge on any atom is 0.270 e. The number of halogens is 1. The first-order valence-corrected chi connectivity index (χ1v) is 9.91. The zero-order valence-corrected chi connectivity index (χ0v) is 18.5. The van der Waals surface area contributed by atoms with Gasteiger partial charge in [0.15, 0.2) is 11.5 Å². The summed E-state index contributed by atoms with van der Waals surface area (Å²) in [6.07, 6.45) is 1.99. The van der Waals surface area contributed by atoms with Crippen molar-refractivity contribution >= 4 is 39.6 Å². The van der Waals surface area contributed by atoms with Crippen molar-refractivity contribution in [1.82, 2.24) is 10.7 Å². The van der Waals surface area contributed by atoms with Crippen molar-refractivity contribution in [3.8, 4) is 11.5 Å². The number of nitro groups is 1. The molecule has 0 atom stereocenters. The molecule has 0 aliphatic rings. The molecule has 2 rings (SSSR count). The second-order valence-corrected chi connectivity index (χ2v) is 7.05. The second kappa shape index (κ2) is 11.6. The molecule has 31 heavy (non-hydrogen) atoms. The maximum atomic E-state index is 12.0. The highest BCUT2D eigenvalue weighted by molar-refractivity contribution is 9.10. The minimum atomic E-state index is -0.567. The zero-order valence-electron chi connectivity index (χ0n) is 16.9. The number of hydrazone groups is 1. The Morgan fingerprint density at radius 3 is 2.68 bits per heavy atom. The summed E-state index contributed by atoms with van der Waals surface area (Å²) in [6, 6.07) is 8.90. The van der Waals surface area contributed by atoms with Crippen LogP contribution in [0.2, 0.25) is 0 Å². The number of methoxy groups -OCH3 is 2. The van der Waals surface area contributed by atoms with Gasteiger partial charge >= 0.3 is 0 Å². The number of nitro benzene ring substituents is 1. The van der Waals surface area contributed by atoms with Crippen molar-refractivity contribution in [2.45, 2.75) is 12.8 Å². The Labute approximate surface area is 186 Å². The molecule has 0 fully saturated rings. The summed E-state index contributed by atoms with van der Waals surface area (Å²) in [7, 11) is 3.05. The molecule has 11 heteroatoms. The number of rotatable bonds is 10. The lowest BCUT2D eigenvalue weighted by atomic mass is 10.2. The minimum absolute atomic E-state index is 0.141. The average molecular weight is 493 g/mol. The molecule has 0 saturated carbocycles. The van der Waals surface area contributed by atoms with Crippen molar-refractivity contribution in [3.63, 3.8) is 0 Å². The lowest BCUT2D eigenvalue weighted by Crippen LogP contribution is -2.26. The molecule has 0 spiro atoms. The van der Waals surface area contributed by atoms with Crippen LogP contribution in [-0.2, 0) is 4.79 Å². The van der Waals surface area contributed by atoms with E-state index >= 15 is 0 Å². The smallest absolute Gasteiger partial charge is 0.270 e. The van der Waals surface area contributed by atoms with Crippen molar-refractivity contribution in [3.05, 3.63) is 62.1 Å². The van der Waals surface area contributed by atoms with Crippen molar-refractivity contribution in [2.75, 3.05) is 20.8 Å². The van der Waals surface area contributed by atoms with Gasteiger partial charge in [-0.1, -0.05) is 6.07 Å². The molecule has 2 N–H and O–H groups in total. The third-order valence-electron chi connectivity index (χ3n) is 4.04. The van der Waals surface area contributed by atoms with Crippen LogP contribution in [0.3, 0.4) is 0 Å². The molecule has 2 aromatic rings. The van der Waals surface area contributed by atoms with E-state index in [1.54, 1.807) is 12.1 Å². The third kappa shape index (κ3) is 7.07. The average Bonchev–Trinajstić information content (AvgIpc) is 2.76. The number of benzene rings is 2. The molecule has 2 aromatic carbocycles. The Morgan fingerprint density at radius 2 is 2.00 bits per heavy atom. The van der Waals surface area contributed by atoms with Crippen LogP contribution < -0.4 is 20.2 Å². The number of nitrogens with zero attached hydrogens (tertiary/aromatic N) is 2. The SMILES string of the molecule is COc1cc(/C=N/NC(=O)CCCNC(=O)c2cccc([N+](=O)[O-])c2)cc(Br)c1OC. The Bertz CT molecular complexity index is 996. The predicted molar refractivity (Wildman–Crippen MR) is 118 cm³/mol. The quantitative estimate of drug-likeness (QED) is 0.226. The summed E-state index contributed by atoms with van der Waals surface area (Å²) >= 11 is 3.38. The molecule has 164 valence electrons. The molecule has 0 radical (unpaired) electrons. The van der Waals surface area contributed by atoms with Gasteiger partial charge in [0.25, 0.3) is 11.6 Å². The van der Waals surface area contributed by atoms with E-state index in [2.05, 4.69) is 31.8 Å². The van der Waals surface area contributed by atoms with Gasteiger partial charge in [-0.2, -0.15) is 5.10 Å². The topological polar surface area (TPSA) is 132 Å². The minimum Gasteiger partial charge on any atom is -0.493 e. The number of hydrogen-bond donors (Lipinski definition) is 2. The first kappa shape index (κ1) is 23.8. The van der Waals surface area contributed by atoms with E-state index in [1.165, 1.54) is 44.7 Å². The van der Waals surface area contributed by atoms with E-state index in [0.29, 0.717) is 28.0 Å². The first-order valence-electron chi connectivity index (χ1n) is 9.11. The zero-order chi connectivity index (χ0) is 22.8. The first-order chi connectivity index (χ1) is 14.8. The van der Waals surface area contributed by atoms with Crippen LogP contribution in [0, 0.1) is 10.1 Å². The van der Waals surface area contributed by atoms with Gasteiger partial charge in [-0.25, -0.2) is 5.43 Å². The highest BCUT2D eigenvalue weighted by Crippen LogP contribution is 2.35. The van der Waals surface area contributed by atoms with Crippen LogP contribution in [0.1, 0.15) is 28.8 Å². The summed E-state index contributed by atoms with van der Waals surface area (Å²) in [5.74, 6) is 0.307. The third-order valence-corrected chi connectivity index (χ3v) is 4.63. The van der Waals surface area contributed by atoms with Crippen molar-refractivity contribution in [2.24, 2.45) is 5.10 Å². The highest BCUT2D eigenvalue weighted by Gasteiger charge is 2.12. The summed E-state index contributed by atoms with van der Waals surface area (Å²) in [4.78, 5) is 34.1. The van der Waals surface area contributed by atoms with Crippen LogP contribution in [0.15, 0.2) is 46.0 Å². The lowest BCUT2D eigenvalue weighted by Gasteiger charge is -2.10. The van der Waals surface area contributed by atoms with E-state index in [0.717, 1.165) is 0 Å². The molecule has 0 heterocycles. The molecule has 0 aliphatic heterocycles. The number of ether oxygens (including phenoxy) is 2. The molecule has 0 saturated heterocycles. The number of nitrogens with one attached hydrogen (secondary N) is 2.